The third-order valence-electron chi connectivity index (χ3n) is 4.57. The van der Waals surface area contributed by atoms with Crippen molar-refractivity contribution in [3.63, 3.8) is 0 Å². The first-order chi connectivity index (χ1) is 12.8. The van der Waals surface area contributed by atoms with Gasteiger partial charge in [-0.2, -0.15) is 0 Å². The summed E-state index contributed by atoms with van der Waals surface area (Å²) in [6, 6.07) is 20.6. The summed E-state index contributed by atoms with van der Waals surface area (Å²) in [6.07, 6.45) is 1.12. The van der Waals surface area contributed by atoms with Gasteiger partial charge in [-0.15, -0.1) is 0 Å². The Morgan fingerprint density at radius 2 is 1.48 bits per heavy atom. The van der Waals surface area contributed by atoms with Crippen LogP contribution in [-0.2, 0) is 14.8 Å². The van der Waals surface area contributed by atoms with E-state index in [1.54, 1.807) is 19.2 Å². The van der Waals surface area contributed by atoms with Gasteiger partial charge in [0.2, 0.25) is 15.9 Å². The smallest absolute Gasteiger partial charge is 0.247 e. The zero-order valence-corrected chi connectivity index (χ0v) is 16.4. The van der Waals surface area contributed by atoms with E-state index in [-0.39, 0.29) is 12.5 Å². The number of benzene rings is 3. The van der Waals surface area contributed by atoms with Crippen LogP contribution in [0, 0.1) is 6.92 Å². The molecule has 6 heteroatoms. The van der Waals surface area contributed by atoms with Gasteiger partial charge in [0, 0.05) is 12.4 Å². The minimum atomic E-state index is -3.61. The zero-order valence-electron chi connectivity index (χ0n) is 15.6. The lowest BCUT2D eigenvalue weighted by Gasteiger charge is -2.27. The first-order valence-corrected chi connectivity index (χ1v) is 10.4. The number of para-hydroxylation sites is 1. The van der Waals surface area contributed by atoms with E-state index in [1.807, 2.05) is 61.5 Å². The molecule has 0 fully saturated rings. The molecule has 0 aliphatic heterocycles. The Bertz CT molecular complexity index is 1090. The molecule has 0 aromatic heterocycles. The van der Waals surface area contributed by atoms with Gasteiger partial charge in [0.25, 0.3) is 0 Å². The summed E-state index contributed by atoms with van der Waals surface area (Å²) >= 11 is 0. The highest BCUT2D eigenvalue weighted by Gasteiger charge is 2.24. The summed E-state index contributed by atoms with van der Waals surface area (Å²) in [5.74, 6) is -0.306. The largest absolute Gasteiger partial charge is 0.313 e. The molecule has 0 atom stereocenters. The fourth-order valence-electron chi connectivity index (χ4n) is 3.09. The molecule has 0 unspecified atom stereocenters. The summed E-state index contributed by atoms with van der Waals surface area (Å²) in [7, 11) is -1.94. The minimum Gasteiger partial charge on any atom is -0.313 e. The van der Waals surface area contributed by atoms with Crippen LogP contribution in [0.3, 0.4) is 0 Å². The lowest BCUT2D eigenvalue weighted by molar-refractivity contribution is -0.116. The molecular formula is C21H22N2O3S. The SMILES string of the molecule is Cc1ccccc1N(CC(=O)N(C)c1cccc2ccccc12)S(C)(=O)=O. The van der Waals surface area contributed by atoms with E-state index in [1.165, 1.54) is 4.90 Å². The third kappa shape index (κ3) is 3.95. The van der Waals surface area contributed by atoms with Crippen LogP contribution in [0.2, 0.25) is 0 Å². The first-order valence-electron chi connectivity index (χ1n) is 8.56. The standard InChI is InChI=1S/C21H22N2O3S/c1-16-9-4-7-13-19(16)23(27(3,25)26)15-21(24)22(2)20-14-8-11-17-10-5-6-12-18(17)20/h4-14H,15H2,1-3H3. The number of nitrogens with zero attached hydrogens (tertiary/aromatic N) is 2. The molecule has 3 aromatic rings. The number of fused-ring (bicyclic) bond motifs is 1. The lowest BCUT2D eigenvalue weighted by atomic mass is 10.1. The van der Waals surface area contributed by atoms with Gasteiger partial charge in [-0.3, -0.25) is 9.10 Å². The van der Waals surface area contributed by atoms with Crippen molar-refractivity contribution in [3.8, 4) is 0 Å². The van der Waals surface area contributed by atoms with Crippen LogP contribution in [0.25, 0.3) is 10.8 Å². The normalized spacial score (nSPS) is 11.4. The van der Waals surface area contributed by atoms with Gasteiger partial charge < -0.3 is 4.90 Å². The van der Waals surface area contributed by atoms with E-state index in [9.17, 15) is 13.2 Å². The van der Waals surface area contributed by atoms with Crippen LogP contribution in [-0.4, -0.2) is 34.2 Å². The third-order valence-corrected chi connectivity index (χ3v) is 5.69. The van der Waals surface area contributed by atoms with Gasteiger partial charge in [-0.05, 0) is 30.0 Å². The average molecular weight is 382 g/mol. The van der Waals surface area contributed by atoms with Gasteiger partial charge in [0.1, 0.15) is 6.54 Å². The van der Waals surface area contributed by atoms with E-state index in [2.05, 4.69) is 0 Å². The van der Waals surface area contributed by atoms with E-state index < -0.39 is 10.0 Å². The fourth-order valence-corrected chi connectivity index (χ4v) is 4.00. The Balaban J connectivity index is 1.95. The molecule has 5 nitrogen and oxygen atoms in total. The Morgan fingerprint density at radius 3 is 2.19 bits per heavy atom. The average Bonchev–Trinajstić information content (AvgIpc) is 2.64. The molecule has 0 saturated heterocycles. The maximum absolute atomic E-state index is 12.9. The van der Waals surface area contributed by atoms with Crippen LogP contribution in [0.15, 0.2) is 66.7 Å². The number of anilines is 2. The molecule has 0 saturated carbocycles. The van der Waals surface area contributed by atoms with Gasteiger partial charge in [-0.25, -0.2) is 8.42 Å². The van der Waals surface area contributed by atoms with Crippen molar-refractivity contribution in [1.29, 1.82) is 0 Å². The highest BCUT2D eigenvalue weighted by atomic mass is 32.2. The maximum atomic E-state index is 12.9. The molecule has 3 aromatic carbocycles. The number of amides is 1. The Morgan fingerprint density at radius 1 is 0.889 bits per heavy atom. The topological polar surface area (TPSA) is 57.7 Å². The second-order valence-corrected chi connectivity index (χ2v) is 8.41. The molecule has 27 heavy (non-hydrogen) atoms. The van der Waals surface area contributed by atoms with E-state index in [4.69, 9.17) is 0 Å². The number of carbonyl (C=O) groups is 1. The second-order valence-electron chi connectivity index (χ2n) is 6.51. The molecule has 0 aliphatic rings. The number of aryl methyl sites for hydroxylation is 1. The molecule has 0 aliphatic carbocycles. The van der Waals surface area contributed by atoms with Crippen LogP contribution in [0.1, 0.15) is 5.56 Å². The molecular weight excluding hydrogens is 360 g/mol. The van der Waals surface area contributed by atoms with Crippen molar-refractivity contribution < 1.29 is 13.2 Å². The molecule has 3 rings (SSSR count). The Hall–Kier alpha value is -2.86. The number of carbonyl (C=O) groups excluding carboxylic acids is 1. The van der Waals surface area contributed by atoms with Crippen LogP contribution in [0.4, 0.5) is 11.4 Å². The van der Waals surface area contributed by atoms with Crippen molar-refractivity contribution in [2.75, 3.05) is 29.1 Å². The van der Waals surface area contributed by atoms with Gasteiger partial charge in [0.05, 0.1) is 17.6 Å². The van der Waals surface area contributed by atoms with E-state index >= 15 is 0 Å². The van der Waals surface area contributed by atoms with E-state index in [0.717, 1.165) is 32.6 Å². The quantitative estimate of drug-likeness (QED) is 0.678. The molecule has 0 bridgehead atoms. The molecule has 0 spiro atoms. The highest BCUT2D eigenvalue weighted by Crippen LogP contribution is 2.27. The Kier molecular flexibility index (Phi) is 5.19. The predicted octanol–water partition coefficient (Wildman–Crippen LogP) is 3.58. The molecule has 1 amide bonds. The van der Waals surface area contributed by atoms with E-state index in [0.29, 0.717) is 5.69 Å². The lowest BCUT2D eigenvalue weighted by Crippen LogP contribution is -2.41. The number of rotatable bonds is 5. The summed E-state index contributed by atoms with van der Waals surface area (Å²) in [5.41, 5.74) is 2.06. The number of sulfonamides is 1. The zero-order chi connectivity index (χ0) is 19.6. The predicted molar refractivity (Wildman–Crippen MR) is 111 cm³/mol. The summed E-state index contributed by atoms with van der Waals surface area (Å²) in [5, 5.41) is 1.96. The van der Waals surface area contributed by atoms with Crippen molar-refractivity contribution >= 4 is 38.1 Å². The molecule has 0 N–H and O–H groups in total. The Labute approximate surface area is 159 Å². The number of hydrogen-bond donors (Lipinski definition) is 0. The summed E-state index contributed by atoms with van der Waals surface area (Å²) < 4.78 is 25.9. The van der Waals surface area contributed by atoms with Crippen molar-refractivity contribution in [1.82, 2.24) is 0 Å². The van der Waals surface area contributed by atoms with Crippen LogP contribution < -0.4 is 9.21 Å². The van der Waals surface area contributed by atoms with Crippen LogP contribution in [0.5, 0.6) is 0 Å². The molecule has 140 valence electrons. The molecule has 0 heterocycles. The van der Waals surface area contributed by atoms with Crippen molar-refractivity contribution in [3.05, 3.63) is 72.3 Å². The van der Waals surface area contributed by atoms with Crippen LogP contribution >= 0.6 is 0 Å². The highest BCUT2D eigenvalue weighted by molar-refractivity contribution is 7.92. The maximum Gasteiger partial charge on any atom is 0.247 e. The first kappa shape index (κ1) is 18.9. The molecule has 0 radical (unpaired) electrons. The van der Waals surface area contributed by atoms with Crippen molar-refractivity contribution in [2.45, 2.75) is 6.92 Å². The summed E-state index contributed by atoms with van der Waals surface area (Å²) in [4.78, 5) is 14.5. The minimum absolute atomic E-state index is 0.261. The van der Waals surface area contributed by atoms with Crippen molar-refractivity contribution in [2.24, 2.45) is 0 Å². The monoisotopic (exact) mass is 382 g/mol. The van der Waals surface area contributed by atoms with Gasteiger partial charge in [0.15, 0.2) is 0 Å². The number of likely N-dealkylation sites (N-methyl/N-ethyl adjacent to an activating group) is 1. The second kappa shape index (κ2) is 7.40. The van der Waals surface area contributed by atoms with Gasteiger partial charge >= 0.3 is 0 Å². The summed E-state index contributed by atoms with van der Waals surface area (Å²) in [6.45, 7) is 1.57. The van der Waals surface area contributed by atoms with Gasteiger partial charge in [-0.1, -0.05) is 54.6 Å². The fraction of sp³-hybridized carbons (Fsp3) is 0.190. The number of hydrogen-bond acceptors (Lipinski definition) is 3.